The van der Waals surface area contributed by atoms with Crippen LogP contribution in [0.1, 0.15) is 68.4 Å². The summed E-state index contributed by atoms with van der Waals surface area (Å²) in [5.41, 5.74) is 2.48. The molecule has 0 saturated carbocycles. The van der Waals surface area contributed by atoms with Gasteiger partial charge in [0, 0.05) is 17.6 Å². The lowest BCUT2D eigenvalue weighted by atomic mass is 9.79. The van der Waals surface area contributed by atoms with Crippen LogP contribution < -0.4 is 0 Å². The molecule has 5 nitrogen and oxygen atoms in total. The van der Waals surface area contributed by atoms with Crippen LogP contribution in [0.2, 0.25) is 0 Å². The Bertz CT molecular complexity index is 796. The zero-order chi connectivity index (χ0) is 19.1. The van der Waals surface area contributed by atoms with Crippen molar-refractivity contribution in [2.75, 3.05) is 13.7 Å². The Morgan fingerprint density at radius 1 is 1.31 bits per heavy atom. The van der Waals surface area contributed by atoms with Gasteiger partial charge in [-0.3, -0.25) is 4.90 Å². The molecule has 1 unspecified atom stereocenters. The molecule has 0 spiro atoms. The van der Waals surface area contributed by atoms with Gasteiger partial charge < -0.3 is 9.72 Å². The quantitative estimate of drug-likeness (QED) is 0.616. The first kappa shape index (κ1) is 19.2. The van der Waals surface area contributed by atoms with E-state index in [1.54, 1.807) is 12.1 Å². The molecule has 1 aromatic heterocycles. The smallest absolute Gasteiger partial charge is 0.337 e. The molecule has 1 aliphatic rings. The molecule has 1 fully saturated rings. The van der Waals surface area contributed by atoms with E-state index in [4.69, 9.17) is 17.4 Å². The highest BCUT2D eigenvalue weighted by Crippen LogP contribution is 2.40. The van der Waals surface area contributed by atoms with Crippen LogP contribution in [0, 0.1) is 0 Å². The van der Waals surface area contributed by atoms with Crippen LogP contribution in [-0.2, 0) is 4.74 Å². The number of aromatic amines is 1. The van der Waals surface area contributed by atoms with Crippen molar-refractivity contribution in [3.8, 4) is 0 Å². The molecule has 0 amide bonds. The Hall–Kier alpha value is -1.53. The van der Waals surface area contributed by atoms with Crippen LogP contribution >= 0.6 is 12.6 Å². The van der Waals surface area contributed by atoms with Gasteiger partial charge in [-0.25, -0.2) is 9.78 Å². The summed E-state index contributed by atoms with van der Waals surface area (Å²) in [6, 6.07) is 5.37. The number of rotatable bonds is 4. The average molecular weight is 376 g/mol. The van der Waals surface area contributed by atoms with Crippen LogP contribution in [0.15, 0.2) is 18.2 Å². The molecular weight excluding hydrogens is 346 g/mol. The number of carbonyl (C=O) groups is 1. The number of piperidine rings is 1. The van der Waals surface area contributed by atoms with E-state index in [9.17, 15) is 4.79 Å². The van der Waals surface area contributed by atoms with Gasteiger partial charge in [0.2, 0.25) is 0 Å². The van der Waals surface area contributed by atoms with Crippen molar-refractivity contribution in [1.82, 2.24) is 14.9 Å². The molecule has 1 aliphatic heterocycles. The van der Waals surface area contributed by atoms with Gasteiger partial charge in [-0.15, -0.1) is 0 Å². The highest BCUT2D eigenvalue weighted by atomic mass is 32.1. The van der Waals surface area contributed by atoms with Gasteiger partial charge in [-0.2, -0.15) is 12.6 Å². The van der Waals surface area contributed by atoms with E-state index in [1.807, 2.05) is 6.07 Å². The van der Waals surface area contributed by atoms with Crippen LogP contribution in [0.4, 0.5) is 0 Å². The lowest BCUT2D eigenvalue weighted by Crippen LogP contribution is -2.59. The summed E-state index contributed by atoms with van der Waals surface area (Å²) in [6.07, 6.45) is 3.65. The number of benzene rings is 1. The first-order valence-corrected chi connectivity index (χ1v) is 9.69. The second-order valence-corrected chi connectivity index (χ2v) is 9.07. The fourth-order valence-corrected chi connectivity index (χ4v) is 4.51. The fraction of sp³-hybridized carbons (Fsp3) is 0.600. The van der Waals surface area contributed by atoms with Crippen molar-refractivity contribution in [3.63, 3.8) is 0 Å². The largest absolute Gasteiger partial charge is 0.465 e. The minimum atomic E-state index is -0.345. The van der Waals surface area contributed by atoms with Gasteiger partial charge in [0.05, 0.1) is 29.0 Å². The van der Waals surface area contributed by atoms with Crippen LogP contribution in [0.5, 0.6) is 0 Å². The molecule has 26 heavy (non-hydrogen) atoms. The number of thiol groups is 1. The Morgan fingerprint density at radius 3 is 2.58 bits per heavy atom. The predicted octanol–water partition coefficient (Wildman–Crippen LogP) is 4.36. The third-order valence-corrected chi connectivity index (χ3v) is 6.04. The summed E-state index contributed by atoms with van der Waals surface area (Å²) in [5, 5.41) is -0.0272. The first-order chi connectivity index (χ1) is 12.1. The zero-order valence-corrected chi connectivity index (χ0v) is 17.2. The Balaban J connectivity index is 1.85. The second-order valence-electron chi connectivity index (χ2n) is 8.45. The summed E-state index contributed by atoms with van der Waals surface area (Å²) in [6.45, 7) is 10.1. The van der Waals surface area contributed by atoms with E-state index in [1.165, 1.54) is 26.4 Å². The Labute approximate surface area is 160 Å². The van der Waals surface area contributed by atoms with Crippen molar-refractivity contribution < 1.29 is 9.53 Å². The number of nitrogens with zero attached hydrogens (tertiary/aromatic N) is 2. The number of imidazole rings is 1. The number of aromatic nitrogens is 2. The van der Waals surface area contributed by atoms with Gasteiger partial charge in [0.15, 0.2) is 0 Å². The molecule has 2 heterocycles. The molecule has 0 bridgehead atoms. The van der Waals surface area contributed by atoms with Crippen molar-refractivity contribution >= 4 is 29.6 Å². The lowest BCUT2D eigenvalue weighted by molar-refractivity contribution is -0.0263. The van der Waals surface area contributed by atoms with Gasteiger partial charge in [0.1, 0.15) is 5.82 Å². The predicted molar refractivity (Wildman–Crippen MR) is 108 cm³/mol. The number of carbonyl (C=O) groups excluding carboxylic acids is 1. The number of esters is 1. The molecule has 0 aliphatic carbocycles. The third kappa shape index (κ3) is 3.62. The number of likely N-dealkylation sites (tertiary alicyclic amines) is 1. The maximum absolute atomic E-state index is 11.7. The number of hydrogen-bond acceptors (Lipinski definition) is 5. The van der Waals surface area contributed by atoms with Gasteiger partial charge in [-0.05, 0) is 65.2 Å². The molecule has 2 aromatic rings. The van der Waals surface area contributed by atoms with Crippen molar-refractivity contribution in [2.45, 2.75) is 63.3 Å². The standard InChI is InChI=1S/C20H29N3O2S/c1-19(2)9-6-10-20(3,4)23(19)12-16(26)17-21-14-8-7-13(18(24)25-5)11-15(14)22-17/h7-8,11,16,26H,6,9-10,12H2,1-5H3,(H,21,22). The molecule has 3 rings (SSSR count). The van der Waals surface area contributed by atoms with Crippen molar-refractivity contribution in [1.29, 1.82) is 0 Å². The third-order valence-electron chi connectivity index (χ3n) is 5.63. The molecular formula is C20H29N3O2S. The minimum Gasteiger partial charge on any atom is -0.465 e. The van der Waals surface area contributed by atoms with Gasteiger partial charge in [0.25, 0.3) is 0 Å². The molecule has 142 valence electrons. The summed E-state index contributed by atoms with van der Waals surface area (Å²) in [4.78, 5) is 22.3. The summed E-state index contributed by atoms with van der Waals surface area (Å²) >= 11 is 4.85. The highest BCUT2D eigenvalue weighted by Gasteiger charge is 2.42. The van der Waals surface area contributed by atoms with E-state index in [2.05, 4.69) is 42.6 Å². The zero-order valence-electron chi connectivity index (χ0n) is 16.3. The highest BCUT2D eigenvalue weighted by molar-refractivity contribution is 7.80. The Kier molecular flexibility index (Phi) is 5.10. The van der Waals surface area contributed by atoms with Crippen molar-refractivity contribution in [3.05, 3.63) is 29.6 Å². The van der Waals surface area contributed by atoms with E-state index >= 15 is 0 Å². The topological polar surface area (TPSA) is 58.2 Å². The van der Waals surface area contributed by atoms with E-state index in [0.717, 1.165) is 23.4 Å². The number of fused-ring (bicyclic) bond motifs is 1. The van der Waals surface area contributed by atoms with Crippen LogP contribution in [0.3, 0.4) is 0 Å². The maximum atomic E-state index is 11.7. The van der Waals surface area contributed by atoms with Crippen LogP contribution in [-0.4, -0.2) is 45.6 Å². The molecule has 1 N–H and O–H groups in total. The molecule has 0 radical (unpaired) electrons. The summed E-state index contributed by atoms with van der Waals surface area (Å²) < 4.78 is 4.79. The molecule has 1 atom stereocenters. The number of H-pyrrole nitrogens is 1. The second kappa shape index (κ2) is 6.89. The monoisotopic (exact) mass is 375 g/mol. The number of hydrogen-bond donors (Lipinski definition) is 2. The number of nitrogens with one attached hydrogen (secondary N) is 1. The first-order valence-electron chi connectivity index (χ1n) is 9.18. The SMILES string of the molecule is COC(=O)c1ccc2nc(C(S)CN3C(C)(C)CCCC3(C)C)[nH]c2c1. The normalized spacial score (nSPS) is 20.8. The van der Waals surface area contributed by atoms with E-state index < -0.39 is 0 Å². The average Bonchev–Trinajstić information content (AvgIpc) is 3.00. The minimum absolute atomic E-state index is 0.0272. The fourth-order valence-electron chi connectivity index (χ4n) is 4.23. The summed E-state index contributed by atoms with van der Waals surface area (Å²) in [5.74, 6) is 0.491. The molecule has 1 saturated heterocycles. The maximum Gasteiger partial charge on any atom is 0.337 e. The lowest BCUT2D eigenvalue weighted by Gasteiger charge is -2.53. The van der Waals surface area contributed by atoms with E-state index in [-0.39, 0.29) is 22.3 Å². The molecule has 6 heteroatoms. The number of methoxy groups -OCH3 is 1. The van der Waals surface area contributed by atoms with E-state index in [0.29, 0.717) is 5.56 Å². The number of ether oxygens (including phenoxy) is 1. The Morgan fingerprint density at radius 2 is 1.96 bits per heavy atom. The summed E-state index contributed by atoms with van der Waals surface area (Å²) in [7, 11) is 1.39. The molecule has 1 aromatic carbocycles. The van der Waals surface area contributed by atoms with Crippen molar-refractivity contribution in [2.24, 2.45) is 0 Å². The van der Waals surface area contributed by atoms with Gasteiger partial charge in [-0.1, -0.05) is 0 Å². The van der Waals surface area contributed by atoms with Crippen LogP contribution in [0.25, 0.3) is 11.0 Å². The van der Waals surface area contributed by atoms with Gasteiger partial charge >= 0.3 is 5.97 Å².